The first kappa shape index (κ1) is 14.0. The van der Waals surface area contributed by atoms with Gasteiger partial charge in [0.15, 0.2) is 0 Å². The SMILES string of the molecule is Cc1ccc(C(C)C)cc1OCC(C)C(N)=S. The fourth-order valence-corrected chi connectivity index (χ4v) is 1.50. The Balaban J connectivity index is 2.76. The lowest BCUT2D eigenvalue weighted by Crippen LogP contribution is -2.24. The van der Waals surface area contributed by atoms with E-state index in [2.05, 4.69) is 32.0 Å². The zero-order valence-corrected chi connectivity index (χ0v) is 11.8. The van der Waals surface area contributed by atoms with Crippen LogP contribution in [0.15, 0.2) is 18.2 Å². The van der Waals surface area contributed by atoms with E-state index in [1.54, 1.807) is 0 Å². The van der Waals surface area contributed by atoms with Gasteiger partial charge < -0.3 is 10.5 Å². The summed E-state index contributed by atoms with van der Waals surface area (Å²) in [6.07, 6.45) is 0. The van der Waals surface area contributed by atoms with Crippen molar-refractivity contribution in [3.8, 4) is 5.75 Å². The minimum Gasteiger partial charge on any atom is -0.493 e. The number of nitrogens with two attached hydrogens (primary N) is 1. The van der Waals surface area contributed by atoms with Gasteiger partial charge in [-0.2, -0.15) is 0 Å². The third kappa shape index (κ3) is 4.00. The zero-order valence-electron chi connectivity index (χ0n) is 11.0. The van der Waals surface area contributed by atoms with Crippen LogP contribution in [0, 0.1) is 12.8 Å². The molecule has 0 aromatic heterocycles. The number of rotatable bonds is 5. The molecule has 0 aliphatic carbocycles. The van der Waals surface area contributed by atoms with Crippen molar-refractivity contribution in [2.45, 2.75) is 33.6 Å². The van der Waals surface area contributed by atoms with Crippen molar-refractivity contribution in [1.82, 2.24) is 0 Å². The van der Waals surface area contributed by atoms with Crippen molar-refractivity contribution in [1.29, 1.82) is 0 Å². The normalized spacial score (nSPS) is 12.5. The smallest absolute Gasteiger partial charge is 0.122 e. The van der Waals surface area contributed by atoms with Crippen molar-refractivity contribution in [3.63, 3.8) is 0 Å². The molecule has 0 saturated heterocycles. The Hall–Kier alpha value is -1.09. The van der Waals surface area contributed by atoms with E-state index >= 15 is 0 Å². The molecule has 0 bridgehead atoms. The van der Waals surface area contributed by atoms with Crippen molar-refractivity contribution >= 4 is 17.2 Å². The van der Waals surface area contributed by atoms with Crippen LogP contribution in [0.2, 0.25) is 0 Å². The summed E-state index contributed by atoms with van der Waals surface area (Å²) in [5, 5.41) is 0. The topological polar surface area (TPSA) is 35.2 Å². The molecule has 2 N–H and O–H groups in total. The van der Waals surface area contributed by atoms with Crippen molar-refractivity contribution < 1.29 is 4.74 Å². The summed E-state index contributed by atoms with van der Waals surface area (Å²) in [5.74, 6) is 1.54. The van der Waals surface area contributed by atoms with E-state index in [-0.39, 0.29) is 5.92 Å². The van der Waals surface area contributed by atoms with Gasteiger partial charge in [0.1, 0.15) is 5.75 Å². The number of hydrogen-bond acceptors (Lipinski definition) is 2. The van der Waals surface area contributed by atoms with Gasteiger partial charge >= 0.3 is 0 Å². The molecule has 1 aromatic carbocycles. The molecule has 17 heavy (non-hydrogen) atoms. The van der Waals surface area contributed by atoms with E-state index in [4.69, 9.17) is 22.7 Å². The van der Waals surface area contributed by atoms with E-state index in [9.17, 15) is 0 Å². The lowest BCUT2D eigenvalue weighted by atomic mass is 10.0. The van der Waals surface area contributed by atoms with Crippen LogP contribution in [0.1, 0.15) is 37.8 Å². The molecule has 1 aromatic rings. The molecule has 2 nitrogen and oxygen atoms in total. The van der Waals surface area contributed by atoms with Crippen LogP contribution in [-0.4, -0.2) is 11.6 Å². The average Bonchev–Trinajstić information content (AvgIpc) is 2.26. The Morgan fingerprint density at radius 2 is 2.00 bits per heavy atom. The summed E-state index contributed by atoms with van der Waals surface area (Å²) in [6.45, 7) is 8.91. The van der Waals surface area contributed by atoms with Gasteiger partial charge in [0.05, 0.1) is 11.6 Å². The molecule has 0 radical (unpaired) electrons. The summed E-state index contributed by atoms with van der Waals surface area (Å²) in [6, 6.07) is 6.34. The second-order valence-corrected chi connectivity index (χ2v) is 5.27. The third-order valence-electron chi connectivity index (χ3n) is 2.85. The van der Waals surface area contributed by atoms with Crippen LogP contribution in [0.5, 0.6) is 5.75 Å². The molecule has 1 atom stereocenters. The van der Waals surface area contributed by atoms with Crippen molar-refractivity contribution in [2.24, 2.45) is 11.7 Å². The maximum absolute atomic E-state index is 5.78. The summed E-state index contributed by atoms with van der Waals surface area (Å²) in [7, 11) is 0. The summed E-state index contributed by atoms with van der Waals surface area (Å²) in [4.78, 5) is 0.502. The molecule has 0 amide bonds. The Morgan fingerprint density at radius 3 is 2.53 bits per heavy atom. The Labute approximate surface area is 109 Å². The number of aryl methyl sites for hydroxylation is 1. The largest absolute Gasteiger partial charge is 0.493 e. The van der Waals surface area contributed by atoms with Gasteiger partial charge in [0, 0.05) is 5.92 Å². The van der Waals surface area contributed by atoms with Gasteiger partial charge in [-0.05, 0) is 30.0 Å². The highest BCUT2D eigenvalue weighted by Gasteiger charge is 2.09. The summed E-state index contributed by atoms with van der Waals surface area (Å²) in [5.41, 5.74) is 8.00. The molecule has 0 fully saturated rings. The quantitative estimate of drug-likeness (QED) is 0.814. The third-order valence-corrected chi connectivity index (χ3v) is 3.26. The fraction of sp³-hybridized carbons (Fsp3) is 0.500. The average molecular weight is 251 g/mol. The second-order valence-electron chi connectivity index (χ2n) is 4.79. The van der Waals surface area contributed by atoms with Gasteiger partial charge in [-0.3, -0.25) is 0 Å². The second kappa shape index (κ2) is 6.01. The molecule has 3 heteroatoms. The summed E-state index contributed by atoms with van der Waals surface area (Å²) < 4.78 is 5.78. The highest BCUT2D eigenvalue weighted by Crippen LogP contribution is 2.24. The van der Waals surface area contributed by atoms with Crippen LogP contribution in [0.4, 0.5) is 0 Å². The van der Waals surface area contributed by atoms with Gasteiger partial charge in [-0.15, -0.1) is 0 Å². The summed E-state index contributed by atoms with van der Waals surface area (Å²) >= 11 is 4.93. The molecule has 0 aliphatic rings. The molecule has 94 valence electrons. The molecular formula is C14H21NOS. The molecule has 1 unspecified atom stereocenters. The maximum atomic E-state index is 5.78. The Bertz CT molecular complexity index is 401. The molecule has 0 spiro atoms. The predicted molar refractivity (Wildman–Crippen MR) is 76.7 cm³/mol. The lowest BCUT2D eigenvalue weighted by molar-refractivity contribution is 0.291. The van der Waals surface area contributed by atoms with Crippen molar-refractivity contribution in [2.75, 3.05) is 6.61 Å². The van der Waals surface area contributed by atoms with Gasteiger partial charge in [-0.1, -0.05) is 45.1 Å². The number of benzene rings is 1. The van der Waals surface area contributed by atoms with Crippen LogP contribution < -0.4 is 10.5 Å². The minimum atomic E-state index is 0.104. The Kier molecular flexibility index (Phi) is 4.94. The van der Waals surface area contributed by atoms with E-state index in [1.807, 2.05) is 13.8 Å². The monoisotopic (exact) mass is 251 g/mol. The minimum absolute atomic E-state index is 0.104. The molecule has 0 saturated carbocycles. The van der Waals surface area contributed by atoms with Gasteiger partial charge in [0.2, 0.25) is 0 Å². The van der Waals surface area contributed by atoms with E-state index in [0.717, 1.165) is 11.3 Å². The predicted octanol–water partition coefficient (Wildman–Crippen LogP) is 3.42. The first-order valence-electron chi connectivity index (χ1n) is 5.94. The van der Waals surface area contributed by atoms with Crippen LogP contribution >= 0.6 is 12.2 Å². The van der Waals surface area contributed by atoms with Gasteiger partial charge in [-0.25, -0.2) is 0 Å². The van der Waals surface area contributed by atoms with Crippen LogP contribution in [-0.2, 0) is 0 Å². The van der Waals surface area contributed by atoms with E-state index < -0.39 is 0 Å². The Morgan fingerprint density at radius 1 is 1.35 bits per heavy atom. The molecule has 0 aliphatic heterocycles. The van der Waals surface area contributed by atoms with Gasteiger partial charge in [0.25, 0.3) is 0 Å². The standard InChI is InChI=1S/C14H21NOS/c1-9(2)12-6-5-10(3)13(7-12)16-8-11(4)14(15)17/h5-7,9,11H,8H2,1-4H3,(H2,15,17). The number of thiocarbonyl (C=S) groups is 1. The van der Waals surface area contributed by atoms with Crippen molar-refractivity contribution in [3.05, 3.63) is 29.3 Å². The lowest BCUT2D eigenvalue weighted by Gasteiger charge is -2.15. The number of hydrogen-bond donors (Lipinski definition) is 1. The van der Waals surface area contributed by atoms with Crippen LogP contribution in [0.25, 0.3) is 0 Å². The number of ether oxygens (including phenoxy) is 1. The highest BCUT2D eigenvalue weighted by molar-refractivity contribution is 7.80. The molecular weight excluding hydrogens is 230 g/mol. The first-order valence-corrected chi connectivity index (χ1v) is 6.35. The highest BCUT2D eigenvalue weighted by atomic mass is 32.1. The zero-order chi connectivity index (χ0) is 13.0. The fourth-order valence-electron chi connectivity index (χ4n) is 1.43. The molecule has 0 heterocycles. The van der Waals surface area contributed by atoms with E-state index in [0.29, 0.717) is 17.5 Å². The first-order chi connectivity index (χ1) is 7.91. The van der Waals surface area contributed by atoms with E-state index in [1.165, 1.54) is 5.56 Å². The maximum Gasteiger partial charge on any atom is 0.122 e. The van der Waals surface area contributed by atoms with Crippen LogP contribution in [0.3, 0.4) is 0 Å². The molecule has 1 rings (SSSR count).